The van der Waals surface area contributed by atoms with Crippen molar-refractivity contribution in [3.05, 3.63) is 12.2 Å². The van der Waals surface area contributed by atoms with Crippen molar-refractivity contribution >= 4 is 0 Å². The average molecular weight is 157 g/mol. The molecule has 11 heavy (non-hydrogen) atoms. The Kier molecular flexibility index (Phi) is 7.46. The third-order valence-corrected chi connectivity index (χ3v) is 1.38. The van der Waals surface area contributed by atoms with E-state index in [0.29, 0.717) is 0 Å². The highest BCUT2D eigenvalue weighted by Crippen LogP contribution is 1.89. The molecule has 0 aromatic heterocycles. The largest absolute Gasteiger partial charge is 0.326 e. The molecule has 0 rings (SSSR count). The van der Waals surface area contributed by atoms with Crippen molar-refractivity contribution in [1.82, 2.24) is 10.9 Å². The van der Waals surface area contributed by atoms with Gasteiger partial charge in [0.05, 0.1) is 0 Å². The molecule has 0 aliphatic heterocycles. The van der Waals surface area contributed by atoms with Gasteiger partial charge in [-0.3, -0.25) is 10.9 Å². The van der Waals surface area contributed by atoms with Gasteiger partial charge in [0, 0.05) is 12.6 Å². The molecule has 0 fully saturated rings. The van der Waals surface area contributed by atoms with Crippen LogP contribution in [0, 0.1) is 0 Å². The van der Waals surface area contributed by atoms with E-state index in [1.165, 1.54) is 0 Å². The van der Waals surface area contributed by atoms with Gasteiger partial charge in [-0.25, -0.2) is 0 Å². The monoisotopic (exact) mass is 157 g/mol. The number of hydrazine groups is 1. The van der Waals surface area contributed by atoms with E-state index in [-0.39, 0.29) is 6.04 Å². The van der Waals surface area contributed by atoms with E-state index in [2.05, 4.69) is 29.9 Å². The molecule has 66 valence electrons. The molecule has 1 unspecified atom stereocenters. The smallest absolute Gasteiger partial charge is 0.0255 e. The number of rotatable bonds is 6. The van der Waals surface area contributed by atoms with Crippen LogP contribution in [-0.2, 0) is 0 Å². The first-order valence-corrected chi connectivity index (χ1v) is 4.11. The van der Waals surface area contributed by atoms with Crippen molar-refractivity contribution in [1.29, 1.82) is 0 Å². The van der Waals surface area contributed by atoms with E-state index in [1.807, 2.05) is 7.05 Å². The van der Waals surface area contributed by atoms with Gasteiger partial charge >= 0.3 is 0 Å². The molecule has 0 aromatic rings. The molecule has 0 bridgehead atoms. The van der Waals surface area contributed by atoms with Crippen LogP contribution >= 0.6 is 0 Å². The predicted molar refractivity (Wildman–Crippen MR) is 49.1 cm³/mol. The second-order valence-electron chi connectivity index (χ2n) is 2.51. The van der Waals surface area contributed by atoms with Crippen LogP contribution in [0.2, 0.25) is 0 Å². The van der Waals surface area contributed by atoms with Gasteiger partial charge in [-0.1, -0.05) is 19.1 Å². The zero-order valence-corrected chi connectivity index (χ0v) is 7.43. The predicted octanol–water partition coefficient (Wildman–Crippen LogP) is 0.394. The Bertz CT molecular complexity index is 102. The van der Waals surface area contributed by atoms with Crippen LogP contribution < -0.4 is 16.6 Å². The highest BCUT2D eigenvalue weighted by Gasteiger charge is 1.96. The third kappa shape index (κ3) is 7.52. The van der Waals surface area contributed by atoms with Gasteiger partial charge in [0.2, 0.25) is 0 Å². The van der Waals surface area contributed by atoms with Crippen LogP contribution in [0.25, 0.3) is 0 Å². The van der Waals surface area contributed by atoms with Crippen molar-refractivity contribution in [2.45, 2.75) is 25.8 Å². The Morgan fingerprint density at radius 1 is 1.45 bits per heavy atom. The first-order chi connectivity index (χ1) is 5.31. The van der Waals surface area contributed by atoms with E-state index in [0.717, 1.165) is 19.4 Å². The minimum atomic E-state index is 0.213. The number of hydrogen-bond donors (Lipinski definition) is 3. The molecule has 0 spiro atoms. The Morgan fingerprint density at radius 2 is 2.18 bits per heavy atom. The lowest BCUT2D eigenvalue weighted by Crippen LogP contribution is -2.39. The molecule has 4 N–H and O–H groups in total. The molecule has 0 radical (unpaired) electrons. The molecule has 1 atom stereocenters. The quantitative estimate of drug-likeness (QED) is 0.386. The summed E-state index contributed by atoms with van der Waals surface area (Å²) in [6.07, 6.45) is 6.30. The minimum absolute atomic E-state index is 0.213. The first-order valence-electron chi connectivity index (χ1n) is 4.11. The average Bonchev–Trinajstić information content (AvgIpc) is 2.01. The Labute approximate surface area is 69.0 Å². The molecule has 3 nitrogen and oxygen atoms in total. The van der Waals surface area contributed by atoms with Gasteiger partial charge in [-0.15, -0.1) is 0 Å². The minimum Gasteiger partial charge on any atom is -0.326 e. The maximum Gasteiger partial charge on any atom is 0.0255 e. The van der Waals surface area contributed by atoms with Gasteiger partial charge in [0.15, 0.2) is 0 Å². The molecular weight excluding hydrogens is 138 g/mol. The molecule has 0 amide bonds. The lowest BCUT2D eigenvalue weighted by molar-refractivity contribution is 0.528. The molecule has 0 saturated carbocycles. The fourth-order valence-electron chi connectivity index (χ4n) is 0.754. The lowest BCUT2D eigenvalue weighted by Gasteiger charge is -2.08. The lowest BCUT2D eigenvalue weighted by atomic mass is 10.2. The molecule has 0 heterocycles. The second kappa shape index (κ2) is 7.72. The molecule has 0 aliphatic carbocycles. The fraction of sp³-hybridized carbons (Fsp3) is 0.750. The summed E-state index contributed by atoms with van der Waals surface area (Å²) in [7, 11) is 1.84. The highest BCUT2D eigenvalue weighted by atomic mass is 15.3. The summed E-state index contributed by atoms with van der Waals surface area (Å²) in [4.78, 5) is 0. The summed E-state index contributed by atoms with van der Waals surface area (Å²) in [6, 6.07) is 0.213. The topological polar surface area (TPSA) is 50.1 Å². The first kappa shape index (κ1) is 10.6. The molecule has 0 aromatic carbocycles. The van der Waals surface area contributed by atoms with Gasteiger partial charge < -0.3 is 5.73 Å². The van der Waals surface area contributed by atoms with Gasteiger partial charge in [0.25, 0.3) is 0 Å². The van der Waals surface area contributed by atoms with Gasteiger partial charge in [-0.05, 0) is 19.9 Å². The van der Waals surface area contributed by atoms with Crippen molar-refractivity contribution in [3.63, 3.8) is 0 Å². The zero-order valence-electron chi connectivity index (χ0n) is 7.43. The molecule has 0 aliphatic rings. The second-order valence-corrected chi connectivity index (χ2v) is 2.51. The van der Waals surface area contributed by atoms with E-state index in [9.17, 15) is 0 Å². The maximum atomic E-state index is 5.75. The van der Waals surface area contributed by atoms with Crippen molar-refractivity contribution < 1.29 is 0 Å². The van der Waals surface area contributed by atoms with Crippen molar-refractivity contribution in [3.8, 4) is 0 Å². The summed E-state index contributed by atoms with van der Waals surface area (Å²) in [6.45, 7) is 2.93. The summed E-state index contributed by atoms with van der Waals surface area (Å²) in [5, 5.41) is 0. The molecule has 0 saturated heterocycles. The van der Waals surface area contributed by atoms with Crippen LogP contribution in [0.3, 0.4) is 0 Å². The van der Waals surface area contributed by atoms with Crippen molar-refractivity contribution in [2.75, 3.05) is 13.6 Å². The zero-order chi connectivity index (χ0) is 8.53. The fourth-order valence-corrected chi connectivity index (χ4v) is 0.754. The van der Waals surface area contributed by atoms with E-state index >= 15 is 0 Å². The van der Waals surface area contributed by atoms with Gasteiger partial charge in [-0.2, -0.15) is 0 Å². The normalized spacial score (nSPS) is 14.1. The SMILES string of the molecule is CC/C=C\CC(N)CNNC. The van der Waals surface area contributed by atoms with Crippen LogP contribution in [0.15, 0.2) is 12.2 Å². The number of nitrogens with two attached hydrogens (primary N) is 1. The van der Waals surface area contributed by atoms with Crippen LogP contribution in [0.5, 0.6) is 0 Å². The summed E-state index contributed by atoms with van der Waals surface area (Å²) in [5.74, 6) is 0. The summed E-state index contributed by atoms with van der Waals surface area (Å²) < 4.78 is 0. The van der Waals surface area contributed by atoms with E-state index in [1.54, 1.807) is 0 Å². The van der Waals surface area contributed by atoms with E-state index in [4.69, 9.17) is 5.73 Å². The summed E-state index contributed by atoms with van der Waals surface area (Å²) >= 11 is 0. The molecular formula is C8H19N3. The van der Waals surface area contributed by atoms with Crippen LogP contribution in [-0.4, -0.2) is 19.6 Å². The maximum absolute atomic E-state index is 5.75. The standard InChI is InChI=1S/C8H19N3/c1-3-4-5-6-8(9)7-11-10-2/h4-5,8,10-11H,3,6-7,9H2,1-2H3/b5-4-. The highest BCUT2D eigenvalue weighted by molar-refractivity contribution is 4.84. The Hall–Kier alpha value is -0.380. The van der Waals surface area contributed by atoms with Crippen molar-refractivity contribution in [2.24, 2.45) is 5.73 Å². The number of allylic oxidation sites excluding steroid dienone is 1. The Balaban J connectivity index is 3.21. The molecule has 3 heteroatoms. The van der Waals surface area contributed by atoms with Gasteiger partial charge in [0.1, 0.15) is 0 Å². The number of nitrogens with one attached hydrogen (secondary N) is 2. The summed E-state index contributed by atoms with van der Waals surface area (Å²) in [5.41, 5.74) is 11.5. The van der Waals surface area contributed by atoms with Crippen LogP contribution in [0.1, 0.15) is 19.8 Å². The Morgan fingerprint density at radius 3 is 2.73 bits per heavy atom. The number of hydrogen-bond acceptors (Lipinski definition) is 3. The van der Waals surface area contributed by atoms with Crippen LogP contribution in [0.4, 0.5) is 0 Å². The third-order valence-electron chi connectivity index (χ3n) is 1.38. The van der Waals surface area contributed by atoms with E-state index < -0.39 is 0 Å².